The van der Waals surface area contributed by atoms with E-state index in [1.807, 2.05) is 0 Å². The van der Waals surface area contributed by atoms with Crippen molar-refractivity contribution in [3.63, 3.8) is 0 Å². The molecule has 0 saturated heterocycles. The van der Waals surface area contributed by atoms with Gasteiger partial charge in [-0.2, -0.15) is 0 Å². The van der Waals surface area contributed by atoms with Gasteiger partial charge in [-0.3, -0.25) is 0 Å². The van der Waals surface area contributed by atoms with Crippen molar-refractivity contribution in [2.75, 3.05) is 23.3 Å². The van der Waals surface area contributed by atoms with Gasteiger partial charge in [-0.1, -0.05) is 44.2 Å². The molecule has 0 aliphatic carbocycles. The zero-order valence-electron chi connectivity index (χ0n) is 12.3. The largest absolute Gasteiger partial charge is 0.383 e. The summed E-state index contributed by atoms with van der Waals surface area (Å²) in [5.74, 6) is 0.537. The molecule has 0 spiro atoms. The third kappa shape index (κ3) is 2.38. The highest BCUT2D eigenvalue weighted by molar-refractivity contribution is 5.78. The fraction of sp³-hybridized carbons (Fsp3) is 0.333. The first-order valence-corrected chi connectivity index (χ1v) is 7.47. The van der Waals surface area contributed by atoms with Gasteiger partial charge in [-0.25, -0.2) is 0 Å². The third-order valence-electron chi connectivity index (χ3n) is 3.92. The molecule has 0 atom stereocenters. The Morgan fingerprint density at radius 2 is 1.65 bits per heavy atom. The number of nitrogens with one attached hydrogen (secondary N) is 1. The van der Waals surface area contributed by atoms with Crippen LogP contribution < -0.4 is 10.2 Å². The van der Waals surface area contributed by atoms with Crippen molar-refractivity contribution in [3.8, 4) is 0 Å². The van der Waals surface area contributed by atoms with Crippen LogP contribution in [-0.4, -0.2) is 13.1 Å². The van der Waals surface area contributed by atoms with Gasteiger partial charge in [0.25, 0.3) is 0 Å². The van der Waals surface area contributed by atoms with E-state index in [9.17, 15) is 0 Å². The highest BCUT2D eigenvalue weighted by atomic mass is 15.2. The first-order chi connectivity index (χ1) is 9.77. The molecule has 0 unspecified atom stereocenters. The van der Waals surface area contributed by atoms with E-state index in [0.29, 0.717) is 5.92 Å². The highest BCUT2D eigenvalue weighted by Crippen LogP contribution is 2.37. The van der Waals surface area contributed by atoms with Gasteiger partial charge in [0.2, 0.25) is 0 Å². The lowest BCUT2D eigenvalue weighted by Gasteiger charge is -2.28. The summed E-state index contributed by atoms with van der Waals surface area (Å²) in [7, 11) is 0. The van der Waals surface area contributed by atoms with E-state index in [1.165, 1.54) is 22.6 Å². The van der Waals surface area contributed by atoms with Crippen LogP contribution in [0.5, 0.6) is 0 Å². The Morgan fingerprint density at radius 1 is 0.950 bits per heavy atom. The molecule has 0 fully saturated rings. The molecule has 0 radical (unpaired) electrons. The van der Waals surface area contributed by atoms with Crippen LogP contribution in [-0.2, 0) is 0 Å². The van der Waals surface area contributed by atoms with E-state index in [-0.39, 0.29) is 0 Å². The van der Waals surface area contributed by atoms with Crippen molar-refractivity contribution in [2.24, 2.45) is 0 Å². The van der Waals surface area contributed by atoms with Crippen molar-refractivity contribution in [3.05, 3.63) is 54.1 Å². The Hall–Kier alpha value is -1.96. The molecule has 1 heterocycles. The van der Waals surface area contributed by atoms with Gasteiger partial charge in [-0.15, -0.1) is 0 Å². The Morgan fingerprint density at radius 3 is 2.45 bits per heavy atom. The predicted molar refractivity (Wildman–Crippen MR) is 87.1 cm³/mol. The average Bonchev–Trinajstić information content (AvgIpc) is 2.69. The number of para-hydroxylation sites is 3. The minimum absolute atomic E-state index is 0.537. The van der Waals surface area contributed by atoms with Crippen LogP contribution in [0.1, 0.15) is 31.7 Å². The summed E-state index contributed by atoms with van der Waals surface area (Å²) in [5.41, 5.74) is 5.30. The van der Waals surface area contributed by atoms with Gasteiger partial charge in [0.1, 0.15) is 0 Å². The fourth-order valence-corrected chi connectivity index (χ4v) is 2.91. The number of anilines is 3. The van der Waals surface area contributed by atoms with Crippen LogP contribution in [0, 0.1) is 0 Å². The average molecular weight is 266 g/mol. The normalized spacial score (nSPS) is 14.7. The van der Waals surface area contributed by atoms with Gasteiger partial charge in [0.15, 0.2) is 0 Å². The maximum atomic E-state index is 3.53. The second-order valence-electron chi connectivity index (χ2n) is 5.66. The lowest BCUT2D eigenvalue weighted by atomic mass is 10.00. The first kappa shape index (κ1) is 13.0. The van der Waals surface area contributed by atoms with Crippen molar-refractivity contribution in [1.82, 2.24) is 0 Å². The van der Waals surface area contributed by atoms with Gasteiger partial charge in [-0.05, 0) is 36.1 Å². The van der Waals surface area contributed by atoms with Crippen LogP contribution >= 0.6 is 0 Å². The minimum Gasteiger partial charge on any atom is -0.383 e. The van der Waals surface area contributed by atoms with Crippen molar-refractivity contribution in [1.29, 1.82) is 0 Å². The Bertz CT molecular complexity index is 589. The number of fused-ring (bicyclic) bond motifs is 1. The molecule has 1 aliphatic heterocycles. The van der Waals surface area contributed by atoms with E-state index < -0.39 is 0 Å². The molecule has 0 aromatic heterocycles. The molecule has 0 saturated carbocycles. The molecule has 20 heavy (non-hydrogen) atoms. The minimum atomic E-state index is 0.537. The summed E-state index contributed by atoms with van der Waals surface area (Å²) in [5, 5.41) is 3.53. The molecule has 1 aliphatic rings. The monoisotopic (exact) mass is 266 g/mol. The van der Waals surface area contributed by atoms with Crippen LogP contribution in [0.15, 0.2) is 48.5 Å². The molecule has 0 amide bonds. The molecule has 2 nitrogen and oxygen atoms in total. The molecule has 104 valence electrons. The Balaban J connectivity index is 2.10. The van der Waals surface area contributed by atoms with Gasteiger partial charge >= 0.3 is 0 Å². The molecule has 2 aromatic rings. The first-order valence-electron chi connectivity index (χ1n) is 7.47. The van der Waals surface area contributed by atoms with Crippen LogP contribution in [0.4, 0.5) is 17.1 Å². The van der Waals surface area contributed by atoms with Crippen molar-refractivity contribution < 1.29 is 0 Å². The molecule has 0 bridgehead atoms. The highest BCUT2D eigenvalue weighted by Gasteiger charge is 2.19. The number of benzene rings is 2. The lowest BCUT2D eigenvalue weighted by Crippen LogP contribution is -2.19. The Kier molecular flexibility index (Phi) is 3.64. The van der Waals surface area contributed by atoms with E-state index in [4.69, 9.17) is 0 Å². The maximum absolute atomic E-state index is 3.53. The molecule has 2 heteroatoms. The summed E-state index contributed by atoms with van der Waals surface area (Å²) in [6.45, 7) is 6.63. The van der Waals surface area contributed by atoms with Crippen molar-refractivity contribution >= 4 is 17.1 Å². The summed E-state index contributed by atoms with van der Waals surface area (Å²) in [4.78, 5) is 2.46. The number of hydrogen-bond acceptors (Lipinski definition) is 2. The number of nitrogens with zero attached hydrogens (tertiary/aromatic N) is 1. The van der Waals surface area contributed by atoms with E-state index >= 15 is 0 Å². The number of rotatable bonds is 2. The van der Waals surface area contributed by atoms with Crippen LogP contribution in [0.2, 0.25) is 0 Å². The second-order valence-corrected chi connectivity index (χ2v) is 5.66. The summed E-state index contributed by atoms with van der Waals surface area (Å²) in [6.07, 6.45) is 1.15. The summed E-state index contributed by atoms with van der Waals surface area (Å²) >= 11 is 0. The van der Waals surface area contributed by atoms with Gasteiger partial charge in [0, 0.05) is 18.8 Å². The molecule has 2 aromatic carbocycles. The Labute approximate surface area is 121 Å². The van der Waals surface area contributed by atoms with E-state index in [0.717, 1.165) is 19.5 Å². The second kappa shape index (κ2) is 5.58. The van der Waals surface area contributed by atoms with E-state index in [2.05, 4.69) is 72.6 Å². The summed E-state index contributed by atoms with van der Waals surface area (Å²) < 4.78 is 0. The van der Waals surface area contributed by atoms with Crippen molar-refractivity contribution in [2.45, 2.75) is 26.2 Å². The molecule has 3 rings (SSSR count). The molecular formula is C18H22N2. The molecule has 1 N–H and O–H groups in total. The lowest BCUT2D eigenvalue weighted by molar-refractivity contribution is 0.829. The smallest absolute Gasteiger partial charge is 0.0646 e. The fourth-order valence-electron chi connectivity index (χ4n) is 2.91. The maximum Gasteiger partial charge on any atom is 0.0646 e. The van der Waals surface area contributed by atoms with Crippen LogP contribution in [0.25, 0.3) is 0 Å². The van der Waals surface area contributed by atoms with Crippen LogP contribution in [0.3, 0.4) is 0 Å². The SMILES string of the molecule is CC(C)c1ccccc1N1CCCNc2ccccc21. The third-order valence-corrected chi connectivity index (χ3v) is 3.92. The van der Waals surface area contributed by atoms with Gasteiger partial charge < -0.3 is 10.2 Å². The van der Waals surface area contributed by atoms with Gasteiger partial charge in [0.05, 0.1) is 11.4 Å². The zero-order chi connectivity index (χ0) is 13.9. The predicted octanol–water partition coefficient (Wildman–Crippen LogP) is 4.76. The quantitative estimate of drug-likeness (QED) is 0.842. The standard InChI is InChI=1S/C18H22N2/c1-14(2)15-8-3-5-10-17(15)20-13-7-12-19-16-9-4-6-11-18(16)20/h3-6,8-11,14,19H,7,12-13H2,1-2H3. The topological polar surface area (TPSA) is 15.3 Å². The summed E-state index contributed by atoms with van der Waals surface area (Å²) in [6, 6.07) is 17.4. The number of hydrogen-bond donors (Lipinski definition) is 1. The van der Waals surface area contributed by atoms with E-state index in [1.54, 1.807) is 0 Å². The molecular weight excluding hydrogens is 244 g/mol. The zero-order valence-corrected chi connectivity index (χ0v) is 12.3.